The molecular weight excluding hydrogens is 222 g/mol. The van der Waals surface area contributed by atoms with Gasteiger partial charge in [0.2, 0.25) is 0 Å². The van der Waals surface area contributed by atoms with Gasteiger partial charge in [-0.05, 0) is 23.6 Å². The maximum Gasteiger partial charge on any atom is 0.131 e. The fourth-order valence-electron chi connectivity index (χ4n) is 1.61. The number of unbranched alkanes of at least 4 members (excludes halogenated alkanes) is 2. The third-order valence-corrected chi connectivity index (χ3v) is 2.63. The second-order valence-electron chi connectivity index (χ2n) is 4.10. The van der Waals surface area contributed by atoms with Gasteiger partial charge in [0.25, 0.3) is 0 Å². The Balaban J connectivity index is 0.000000280. The molecule has 0 aliphatic heterocycles. The van der Waals surface area contributed by atoms with E-state index in [4.69, 9.17) is 11.0 Å². The molecule has 94 valence electrons. The number of hydrogen-bond acceptors (Lipinski definition) is 3. The van der Waals surface area contributed by atoms with E-state index in [1.54, 1.807) is 18.3 Å². The molecule has 1 aromatic carbocycles. The van der Waals surface area contributed by atoms with Crippen LogP contribution in [0.3, 0.4) is 0 Å². The zero-order chi connectivity index (χ0) is 13.4. The van der Waals surface area contributed by atoms with Crippen LogP contribution in [-0.2, 0) is 0 Å². The van der Waals surface area contributed by atoms with Gasteiger partial charge in [0.1, 0.15) is 5.82 Å². The van der Waals surface area contributed by atoms with E-state index in [1.807, 2.05) is 12.1 Å². The summed E-state index contributed by atoms with van der Waals surface area (Å²) < 4.78 is 0. The molecule has 3 heteroatoms. The van der Waals surface area contributed by atoms with Crippen LogP contribution in [0.25, 0.3) is 10.8 Å². The van der Waals surface area contributed by atoms with Crippen molar-refractivity contribution in [3.05, 3.63) is 36.0 Å². The number of nitrogens with zero attached hydrogens (tertiary/aromatic N) is 2. The molecule has 0 aliphatic carbocycles. The zero-order valence-electron chi connectivity index (χ0n) is 11.0. The molecule has 2 aromatic rings. The fraction of sp³-hybridized carbons (Fsp3) is 0.333. The molecule has 0 radical (unpaired) electrons. The number of nitrogen functional groups attached to an aromatic ring is 1. The average molecular weight is 241 g/mol. The molecule has 2 rings (SSSR count). The molecule has 3 nitrogen and oxygen atoms in total. The lowest BCUT2D eigenvalue weighted by atomic mass is 10.1. The van der Waals surface area contributed by atoms with E-state index in [2.05, 4.69) is 24.9 Å². The molecule has 2 N–H and O–H groups in total. The van der Waals surface area contributed by atoms with Crippen molar-refractivity contribution in [2.45, 2.75) is 33.1 Å². The van der Waals surface area contributed by atoms with Gasteiger partial charge in [0.15, 0.2) is 0 Å². The van der Waals surface area contributed by atoms with E-state index in [0.717, 1.165) is 10.8 Å². The Kier molecular flexibility index (Phi) is 5.66. The smallest absolute Gasteiger partial charge is 0.131 e. The van der Waals surface area contributed by atoms with Crippen molar-refractivity contribution in [2.75, 3.05) is 5.73 Å². The van der Waals surface area contributed by atoms with Crippen molar-refractivity contribution >= 4 is 16.6 Å². The number of rotatable bonds is 2. The van der Waals surface area contributed by atoms with E-state index in [-0.39, 0.29) is 0 Å². The second-order valence-corrected chi connectivity index (χ2v) is 4.10. The molecule has 0 fully saturated rings. The highest BCUT2D eigenvalue weighted by molar-refractivity contribution is 5.91. The second kappa shape index (κ2) is 7.29. The van der Waals surface area contributed by atoms with Gasteiger partial charge in [-0.25, -0.2) is 4.98 Å². The van der Waals surface area contributed by atoms with E-state index >= 15 is 0 Å². The van der Waals surface area contributed by atoms with Crippen LogP contribution in [0, 0.1) is 11.3 Å². The van der Waals surface area contributed by atoms with Crippen LogP contribution in [-0.4, -0.2) is 4.98 Å². The summed E-state index contributed by atoms with van der Waals surface area (Å²) in [4.78, 5) is 3.95. The van der Waals surface area contributed by atoms with Crippen molar-refractivity contribution in [3.63, 3.8) is 0 Å². The number of hydrogen-bond donors (Lipinski definition) is 1. The lowest BCUT2D eigenvalue weighted by Gasteiger charge is -1.99. The van der Waals surface area contributed by atoms with Gasteiger partial charge in [0.05, 0.1) is 11.6 Å². The van der Waals surface area contributed by atoms with Crippen molar-refractivity contribution < 1.29 is 0 Å². The van der Waals surface area contributed by atoms with Crippen molar-refractivity contribution in [1.29, 1.82) is 5.26 Å². The maximum absolute atomic E-state index is 8.68. The van der Waals surface area contributed by atoms with Crippen LogP contribution in [0.5, 0.6) is 0 Å². The van der Waals surface area contributed by atoms with Crippen LogP contribution in [0.4, 0.5) is 5.82 Å². The van der Waals surface area contributed by atoms with E-state index in [0.29, 0.717) is 11.4 Å². The fourth-order valence-corrected chi connectivity index (χ4v) is 1.61. The Bertz CT molecular complexity index is 539. The maximum atomic E-state index is 8.68. The van der Waals surface area contributed by atoms with E-state index in [1.165, 1.54) is 19.3 Å². The first-order chi connectivity index (χ1) is 8.72. The summed E-state index contributed by atoms with van der Waals surface area (Å²) in [6, 6.07) is 9.31. The van der Waals surface area contributed by atoms with Gasteiger partial charge >= 0.3 is 0 Å². The molecule has 1 aromatic heterocycles. The summed E-state index contributed by atoms with van der Waals surface area (Å²) in [6.07, 6.45) is 5.73. The Morgan fingerprint density at radius 3 is 2.50 bits per heavy atom. The molecule has 0 spiro atoms. The van der Waals surface area contributed by atoms with Crippen LogP contribution >= 0.6 is 0 Å². The van der Waals surface area contributed by atoms with Gasteiger partial charge in [-0.2, -0.15) is 5.26 Å². The SMILES string of the molecule is CCCCC.N#Cc1ccc2ccnc(N)c2c1. The first-order valence-electron chi connectivity index (χ1n) is 6.27. The summed E-state index contributed by atoms with van der Waals surface area (Å²) in [5.41, 5.74) is 6.26. The summed E-state index contributed by atoms with van der Waals surface area (Å²) >= 11 is 0. The molecule has 0 amide bonds. The first kappa shape index (κ1) is 14.0. The van der Waals surface area contributed by atoms with Gasteiger partial charge in [0, 0.05) is 11.6 Å². The van der Waals surface area contributed by atoms with Crippen molar-refractivity contribution in [3.8, 4) is 6.07 Å². The summed E-state index contributed by atoms with van der Waals surface area (Å²) in [7, 11) is 0. The molecular formula is C15H19N3. The highest BCUT2D eigenvalue weighted by atomic mass is 14.8. The number of benzene rings is 1. The minimum Gasteiger partial charge on any atom is -0.383 e. The van der Waals surface area contributed by atoms with E-state index in [9.17, 15) is 0 Å². The third-order valence-electron chi connectivity index (χ3n) is 2.63. The highest BCUT2D eigenvalue weighted by Gasteiger charge is 1.99. The molecule has 0 saturated carbocycles. The van der Waals surface area contributed by atoms with Gasteiger partial charge in [-0.15, -0.1) is 0 Å². The predicted octanol–water partition coefficient (Wildman–Crippen LogP) is 3.89. The Morgan fingerprint density at radius 2 is 1.94 bits per heavy atom. The lowest BCUT2D eigenvalue weighted by Crippen LogP contribution is -1.90. The molecule has 0 bridgehead atoms. The predicted molar refractivity (Wildman–Crippen MR) is 76.1 cm³/mol. The third kappa shape index (κ3) is 3.74. The topological polar surface area (TPSA) is 62.7 Å². The van der Waals surface area contributed by atoms with Crippen LogP contribution < -0.4 is 5.73 Å². The molecule has 0 unspecified atom stereocenters. The highest BCUT2D eigenvalue weighted by Crippen LogP contribution is 2.19. The Labute approximate surface area is 108 Å². The van der Waals surface area contributed by atoms with Crippen molar-refractivity contribution in [1.82, 2.24) is 4.98 Å². The Morgan fingerprint density at radius 1 is 1.22 bits per heavy atom. The number of pyridine rings is 1. The van der Waals surface area contributed by atoms with Crippen LogP contribution in [0.15, 0.2) is 30.5 Å². The number of nitriles is 1. The Hall–Kier alpha value is -2.08. The van der Waals surface area contributed by atoms with Gasteiger partial charge in [-0.3, -0.25) is 0 Å². The molecule has 0 saturated heterocycles. The molecule has 0 atom stereocenters. The minimum absolute atomic E-state index is 0.467. The minimum atomic E-state index is 0.467. The quantitative estimate of drug-likeness (QED) is 0.867. The standard InChI is InChI=1S/C10H7N3.C5H12/c11-6-7-1-2-8-3-4-13-10(12)9(8)5-7;1-3-5-4-2/h1-5H,(H2,12,13);3-5H2,1-2H3. The monoisotopic (exact) mass is 241 g/mol. The zero-order valence-corrected chi connectivity index (χ0v) is 11.0. The van der Waals surface area contributed by atoms with Crippen LogP contribution in [0.2, 0.25) is 0 Å². The van der Waals surface area contributed by atoms with Crippen LogP contribution in [0.1, 0.15) is 38.7 Å². The molecule has 1 heterocycles. The number of fused-ring (bicyclic) bond motifs is 1. The van der Waals surface area contributed by atoms with Gasteiger partial charge in [-0.1, -0.05) is 39.2 Å². The number of anilines is 1. The van der Waals surface area contributed by atoms with E-state index < -0.39 is 0 Å². The van der Waals surface area contributed by atoms with Gasteiger partial charge < -0.3 is 5.73 Å². The van der Waals surface area contributed by atoms with Crippen molar-refractivity contribution in [2.24, 2.45) is 0 Å². The normalized spacial score (nSPS) is 9.39. The summed E-state index contributed by atoms with van der Waals surface area (Å²) in [5, 5.41) is 10.5. The average Bonchev–Trinajstić information content (AvgIpc) is 2.40. The summed E-state index contributed by atoms with van der Waals surface area (Å²) in [6.45, 7) is 4.42. The summed E-state index contributed by atoms with van der Waals surface area (Å²) in [5.74, 6) is 0.467. The molecule has 18 heavy (non-hydrogen) atoms. The largest absolute Gasteiger partial charge is 0.383 e. The number of aromatic nitrogens is 1. The lowest BCUT2D eigenvalue weighted by molar-refractivity contribution is 0.772. The molecule has 0 aliphatic rings. The number of nitrogens with two attached hydrogens (primary N) is 1. The first-order valence-corrected chi connectivity index (χ1v) is 6.27.